The van der Waals surface area contributed by atoms with Crippen LogP contribution in [0.2, 0.25) is 0 Å². The fraction of sp³-hybridized carbons (Fsp3) is 0.333. The summed E-state index contributed by atoms with van der Waals surface area (Å²) in [5, 5.41) is 0. The zero-order valence-corrected chi connectivity index (χ0v) is 8.55. The summed E-state index contributed by atoms with van der Waals surface area (Å²) in [7, 11) is -4.38. The predicted molar refractivity (Wildman–Crippen MR) is 29.1 cm³/mol. The molecule has 0 atom stereocenters. The maximum Gasteiger partial charge on any atom is 1.00 e. The minimum atomic E-state index is -4.38. The van der Waals surface area contributed by atoms with Gasteiger partial charge in [0.1, 0.15) is 0 Å². The number of hydrogen-bond donors (Lipinski definition) is 2. The molecule has 0 aliphatic heterocycles. The second kappa shape index (κ2) is 5.59. The number of carbonyl (C=O) groups excluding carboxylic acids is 1. The fourth-order valence-corrected chi connectivity index (χ4v) is 0. The molecule has 0 aliphatic rings. The summed E-state index contributed by atoms with van der Waals surface area (Å²) in [6, 6.07) is 0. The van der Waals surface area contributed by atoms with Crippen molar-refractivity contribution in [1.82, 2.24) is 0 Å². The van der Waals surface area contributed by atoms with Gasteiger partial charge in [0.2, 0.25) is 5.52 Å². The standard InChI is InChI=1S/C2H5O4P.CH3.Na/c1-2(3)7(4,5)6;;/h1H3,(H2,4,5,6);1H3;/q;-1;+1. The van der Waals surface area contributed by atoms with Crippen molar-refractivity contribution in [3.63, 3.8) is 0 Å². The van der Waals surface area contributed by atoms with Crippen molar-refractivity contribution in [2.45, 2.75) is 6.92 Å². The molecule has 0 aromatic heterocycles. The summed E-state index contributed by atoms with van der Waals surface area (Å²) in [5.74, 6) is 0. The van der Waals surface area contributed by atoms with Crippen molar-refractivity contribution >= 4 is 13.1 Å². The molecule has 6 heteroatoms. The molecular formula is C3H8NaO4P. The summed E-state index contributed by atoms with van der Waals surface area (Å²) in [6.07, 6.45) is 0. The molecular weight excluding hydrogens is 154 g/mol. The van der Waals surface area contributed by atoms with Crippen molar-refractivity contribution in [3.05, 3.63) is 7.43 Å². The third-order valence-corrected chi connectivity index (χ3v) is 1.23. The molecule has 0 saturated heterocycles. The Hall–Kier alpha value is 0.820. The van der Waals surface area contributed by atoms with Crippen LogP contribution in [0.5, 0.6) is 0 Å². The third kappa shape index (κ3) is 8.82. The molecule has 2 N–H and O–H groups in total. The van der Waals surface area contributed by atoms with Crippen molar-refractivity contribution in [3.8, 4) is 0 Å². The zero-order chi connectivity index (χ0) is 6.08. The summed E-state index contributed by atoms with van der Waals surface area (Å²) in [4.78, 5) is 25.4. The molecule has 0 unspecified atom stereocenters. The van der Waals surface area contributed by atoms with E-state index in [-0.39, 0.29) is 37.0 Å². The average Bonchev–Trinajstić information content (AvgIpc) is 1.31. The van der Waals surface area contributed by atoms with E-state index in [1.807, 2.05) is 0 Å². The van der Waals surface area contributed by atoms with Gasteiger partial charge < -0.3 is 17.2 Å². The Labute approximate surface area is 76.1 Å². The second-order valence-electron chi connectivity index (χ2n) is 1.06. The molecule has 0 aromatic rings. The Bertz CT molecular complexity index is 128. The van der Waals surface area contributed by atoms with Crippen LogP contribution in [0.1, 0.15) is 6.92 Å². The van der Waals surface area contributed by atoms with Gasteiger partial charge in [-0.2, -0.15) is 0 Å². The largest absolute Gasteiger partial charge is 1.00 e. The van der Waals surface area contributed by atoms with Crippen molar-refractivity contribution in [1.29, 1.82) is 0 Å². The van der Waals surface area contributed by atoms with Crippen LogP contribution < -0.4 is 29.6 Å². The van der Waals surface area contributed by atoms with E-state index in [4.69, 9.17) is 9.79 Å². The minimum absolute atomic E-state index is 0. The van der Waals surface area contributed by atoms with E-state index < -0.39 is 13.1 Å². The van der Waals surface area contributed by atoms with Gasteiger partial charge in [0, 0.05) is 6.92 Å². The van der Waals surface area contributed by atoms with E-state index >= 15 is 0 Å². The molecule has 0 spiro atoms. The molecule has 9 heavy (non-hydrogen) atoms. The molecule has 4 nitrogen and oxygen atoms in total. The summed E-state index contributed by atoms with van der Waals surface area (Å²) < 4.78 is 9.68. The van der Waals surface area contributed by atoms with Gasteiger partial charge >= 0.3 is 37.2 Å². The molecule has 0 aliphatic carbocycles. The Morgan fingerprint density at radius 2 is 1.56 bits per heavy atom. The first-order valence-corrected chi connectivity index (χ1v) is 3.12. The fourth-order valence-electron chi connectivity index (χ4n) is 0. The van der Waals surface area contributed by atoms with Crippen LogP contribution >= 0.6 is 7.60 Å². The Balaban J connectivity index is -0.000000180. The normalized spacial score (nSPS) is 8.78. The molecule has 0 heterocycles. The topological polar surface area (TPSA) is 74.6 Å². The average molecular weight is 162 g/mol. The smallest absolute Gasteiger partial charge is 0.358 e. The van der Waals surface area contributed by atoms with Crippen LogP contribution in [0.25, 0.3) is 0 Å². The summed E-state index contributed by atoms with van der Waals surface area (Å²) >= 11 is 0. The van der Waals surface area contributed by atoms with E-state index in [9.17, 15) is 9.36 Å². The Morgan fingerprint density at radius 1 is 1.44 bits per heavy atom. The predicted octanol–water partition coefficient (Wildman–Crippen LogP) is -2.84. The van der Waals surface area contributed by atoms with E-state index in [0.717, 1.165) is 6.92 Å². The first-order chi connectivity index (χ1) is 2.94. The van der Waals surface area contributed by atoms with Crippen LogP contribution in [0, 0.1) is 7.43 Å². The first-order valence-electron chi connectivity index (χ1n) is 1.51. The van der Waals surface area contributed by atoms with Crippen LogP contribution in [0.15, 0.2) is 0 Å². The van der Waals surface area contributed by atoms with E-state index in [1.54, 1.807) is 0 Å². The zero-order valence-electron chi connectivity index (χ0n) is 5.66. The van der Waals surface area contributed by atoms with E-state index in [1.165, 1.54) is 0 Å². The van der Waals surface area contributed by atoms with E-state index in [0.29, 0.717) is 0 Å². The third-order valence-electron chi connectivity index (χ3n) is 0.410. The van der Waals surface area contributed by atoms with Gasteiger partial charge in [-0.15, -0.1) is 0 Å². The van der Waals surface area contributed by atoms with Crippen LogP contribution in [0.4, 0.5) is 0 Å². The Morgan fingerprint density at radius 3 is 1.56 bits per heavy atom. The Kier molecular flexibility index (Phi) is 10.2. The number of carbonyl (C=O) groups is 1. The summed E-state index contributed by atoms with van der Waals surface area (Å²) in [5.41, 5.74) is -1.09. The molecule has 0 saturated carbocycles. The van der Waals surface area contributed by atoms with Crippen LogP contribution in [-0.2, 0) is 9.36 Å². The van der Waals surface area contributed by atoms with Gasteiger partial charge in [0.25, 0.3) is 0 Å². The second-order valence-corrected chi connectivity index (χ2v) is 2.78. The van der Waals surface area contributed by atoms with Gasteiger partial charge in [-0.05, 0) is 0 Å². The molecule has 50 valence electrons. The van der Waals surface area contributed by atoms with Gasteiger partial charge in [-0.1, -0.05) is 0 Å². The minimum Gasteiger partial charge on any atom is -0.358 e. The monoisotopic (exact) mass is 162 g/mol. The molecule has 0 amide bonds. The molecule has 0 aromatic carbocycles. The van der Waals surface area contributed by atoms with E-state index in [2.05, 4.69) is 0 Å². The van der Waals surface area contributed by atoms with Gasteiger partial charge in [0.05, 0.1) is 0 Å². The van der Waals surface area contributed by atoms with Crippen LogP contribution in [-0.4, -0.2) is 15.3 Å². The molecule has 0 fully saturated rings. The van der Waals surface area contributed by atoms with Crippen LogP contribution in [0.3, 0.4) is 0 Å². The van der Waals surface area contributed by atoms with Gasteiger partial charge in [0.15, 0.2) is 0 Å². The van der Waals surface area contributed by atoms with Gasteiger partial charge in [-0.25, -0.2) is 0 Å². The van der Waals surface area contributed by atoms with Gasteiger partial charge in [-0.3, -0.25) is 9.36 Å². The van der Waals surface area contributed by atoms with Crippen molar-refractivity contribution in [2.75, 3.05) is 0 Å². The quantitative estimate of drug-likeness (QED) is 0.247. The first kappa shape index (κ1) is 16.4. The SMILES string of the molecule is CC(=O)P(=O)(O)O.[CH3-].[Na+]. The molecule has 0 bridgehead atoms. The molecule has 0 rings (SSSR count). The van der Waals surface area contributed by atoms with Crippen molar-refractivity contribution in [2.24, 2.45) is 0 Å². The molecule has 0 radical (unpaired) electrons. The summed E-state index contributed by atoms with van der Waals surface area (Å²) in [6.45, 7) is 0.848. The van der Waals surface area contributed by atoms with Crippen molar-refractivity contribution < 1.29 is 48.7 Å². The number of hydrogen-bond acceptors (Lipinski definition) is 2. The maximum absolute atomic E-state index is 9.70. The number of rotatable bonds is 1. The maximum atomic E-state index is 9.70.